The van der Waals surface area contributed by atoms with E-state index in [1.165, 1.54) is 5.57 Å². The van der Waals surface area contributed by atoms with E-state index in [4.69, 9.17) is 0 Å². The molecule has 1 aliphatic rings. The van der Waals surface area contributed by atoms with Gasteiger partial charge in [0.2, 0.25) is 0 Å². The van der Waals surface area contributed by atoms with Gasteiger partial charge in [-0.05, 0) is 32.4 Å². The topological polar surface area (TPSA) is 37.6 Å². The third-order valence-corrected chi connectivity index (χ3v) is 2.48. The molecule has 82 valence electrons. The van der Waals surface area contributed by atoms with E-state index < -0.39 is 0 Å². The van der Waals surface area contributed by atoms with Crippen LogP contribution in [0.25, 0.3) is 0 Å². The minimum absolute atomic E-state index is 0.171. The molecule has 0 saturated carbocycles. The van der Waals surface area contributed by atoms with Crippen LogP contribution < -0.4 is 0 Å². The summed E-state index contributed by atoms with van der Waals surface area (Å²) < 4.78 is 0. The fourth-order valence-corrected chi connectivity index (χ4v) is 1.46. The van der Waals surface area contributed by atoms with E-state index in [9.17, 15) is 0 Å². The summed E-state index contributed by atoms with van der Waals surface area (Å²) in [6.45, 7) is 4.05. The molecule has 1 aromatic heterocycles. The van der Waals surface area contributed by atoms with Crippen molar-refractivity contribution in [1.29, 1.82) is 0 Å². The standard InChI is InChI=1S/C13H15N3/c1-10-3-6-12(7-4-10)15-16-13-8-5-11(2)14-9-13/h3-6,8-9,12H,7H2,1-2H3. The molecule has 0 saturated heterocycles. The van der Waals surface area contributed by atoms with Crippen LogP contribution in [0.15, 0.2) is 52.4 Å². The second kappa shape index (κ2) is 4.84. The number of rotatable bonds is 2. The molecule has 0 fully saturated rings. The van der Waals surface area contributed by atoms with Gasteiger partial charge in [0.25, 0.3) is 0 Å². The number of hydrogen-bond acceptors (Lipinski definition) is 3. The lowest BCUT2D eigenvalue weighted by atomic mass is 10.1. The normalized spacial score (nSPS) is 20.1. The minimum Gasteiger partial charge on any atom is -0.259 e. The van der Waals surface area contributed by atoms with Gasteiger partial charge in [0.15, 0.2) is 0 Å². The lowest BCUT2D eigenvalue weighted by molar-refractivity contribution is 0.770. The highest BCUT2D eigenvalue weighted by molar-refractivity contribution is 5.33. The Kier molecular flexibility index (Phi) is 3.25. The van der Waals surface area contributed by atoms with Gasteiger partial charge in [0, 0.05) is 5.69 Å². The fraction of sp³-hybridized carbons (Fsp3) is 0.308. The SMILES string of the molecule is CC1=CCC(N=Nc2ccc(C)nc2)C=C1. The van der Waals surface area contributed by atoms with E-state index in [0.29, 0.717) is 0 Å². The molecule has 2 rings (SSSR count). The molecule has 16 heavy (non-hydrogen) atoms. The minimum atomic E-state index is 0.171. The number of aromatic nitrogens is 1. The molecular weight excluding hydrogens is 198 g/mol. The molecular formula is C13H15N3. The van der Waals surface area contributed by atoms with Gasteiger partial charge in [-0.25, -0.2) is 0 Å². The van der Waals surface area contributed by atoms with Crippen molar-refractivity contribution in [2.45, 2.75) is 26.3 Å². The van der Waals surface area contributed by atoms with Crippen LogP contribution in [0.4, 0.5) is 5.69 Å². The van der Waals surface area contributed by atoms with Crippen molar-refractivity contribution in [3.05, 3.63) is 47.8 Å². The zero-order valence-electron chi connectivity index (χ0n) is 9.59. The predicted octanol–water partition coefficient (Wildman–Crippen LogP) is 3.75. The van der Waals surface area contributed by atoms with Crippen LogP contribution >= 0.6 is 0 Å². The Morgan fingerprint density at radius 1 is 1.31 bits per heavy atom. The quantitative estimate of drug-likeness (QED) is 0.689. The zero-order chi connectivity index (χ0) is 11.4. The highest BCUT2D eigenvalue weighted by Crippen LogP contribution is 2.16. The maximum atomic E-state index is 4.27. The van der Waals surface area contributed by atoms with Crippen molar-refractivity contribution in [2.24, 2.45) is 10.2 Å². The zero-order valence-corrected chi connectivity index (χ0v) is 9.59. The molecule has 0 N–H and O–H groups in total. The van der Waals surface area contributed by atoms with E-state index in [1.54, 1.807) is 6.20 Å². The third kappa shape index (κ3) is 2.86. The number of azo groups is 1. The van der Waals surface area contributed by atoms with E-state index in [1.807, 2.05) is 19.1 Å². The fourth-order valence-electron chi connectivity index (χ4n) is 1.46. The lowest BCUT2D eigenvalue weighted by Crippen LogP contribution is -2.00. The number of aryl methyl sites for hydroxylation is 1. The number of allylic oxidation sites excluding steroid dienone is 2. The average Bonchev–Trinajstić information content (AvgIpc) is 2.30. The Balaban J connectivity index is 2.00. The van der Waals surface area contributed by atoms with Crippen LogP contribution in [0.1, 0.15) is 19.0 Å². The van der Waals surface area contributed by atoms with Crippen molar-refractivity contribution in [1.82, 2.24) is 4.98 Å². The van der Waals surface area contributed by atoms with Crippen LogP contribution in [0.3, 0.4) is 0 Å². The maximum absolute atomic E-state index is 4.27. The van der Waals surface area contributed by atoms with Crippen LogP contribution in [-0.2, 0) is 0 Å². The van der Waals surface area contributed by atoms with Crippen molar-refractivity contribution in [3.8, 4) is 0 Å². The van der Waals surface area contributed by atoms with E-state index in [0.717, 1.165) is 17.8 Å². The van der Waals surface area contributed by atoms with E-state index >= 15 is 0 Å². The van der Waals surface area contributed by atoms with Crippen LogP contribution in [0.2, 0.25) is 0 Å². The average molecular weight is 213 g/mol. The molecule has 0 bridgehead atoms. The second-order valence-corrected chi connectivity index (χ2v) is 3.98. The first kappa shape index (κ1) is 10.7. The third-order valence-electron chi connectivity index (χ3n) is 2.48. The molecule has 0 aromatic carbocycles. The van der Waals surface area contributed by atoms with Crippen molar-refractivity contribution >= 4 is 5.69 Å². The van der Waals surface area contributed by atoms with Crippen LogP contribution in [0, 0.1) is 6.92 Å². The number of hydrogen-bond donors (Lipinski definition) is 0. The van der Waals surface area contributed by atoms with Gasteiger partial charge in [-0.3, -0.25) is 4.98 Å². The van der Waals surface area contributed by atoms with Gasteiger partial charge < -0.3 is 0 Å². The van der Waals surface area contributed by atoms with Crippen molar-refractivity contribution in [3.63, 3.8) is 0 Å². The molecule has 1 aliphatic carbocycles. The molecule has 1 atom stereocenters. The first-order chi connectivity index (χ1) is 7.74. The van der Waals surface area contributed by atoms with Gasteiger partial charge in [-0.15, -0.1) is 0 Å². The van der Waals surface area contributed by atoms with Crippen LogP contribution in [0.5, 0.6) is 0 Å². The van der Waals surface area contributed by atoms with E-state index in [-0.39, 0.29) is 6.04 Å². The summed E-state index contributed by atoms with van der Waals surface area (Å²) in [4.78, 5) is 4.17. The van der Waals surface area contributed by atoms with Gasteiger partial charge in [0.05, 0.1) is 12.2 Å². The molecule has 0 spiro atoms. The first-order valence-electron chi connectivity index (χ1n) is 5.42. The number of pyridine rings is 1. The monoisotopic (exact) mass is 213 g/mol. The highest BCUT2D eigenvalue weighted by atomic mass is 15.1. The Morgan fingerprint density at radius 3 is 2.81 bits per heavy atom. The molecule has 1 aromatic rings. The van der Waals surface area contributed by atoms with Crippen molar-refractivity contribution in [2.75, 3.05) is 0 Å². The second-order valence-electron chi connectivity index (χ2n) is 3.98. The summed E-state index contributed by atoms with van der Waals surface area (Å²) in [5.41, 5.74) is 3.10. The van der Waals surface area contributed by atoms with Crippen LogP contribution in [-0.4, -0.2) is 11.0 Å². The molecule has 3 nitrogen and oxygen atoms in total. The molecule has 1 heterocycles. The Hall–Kier alpha value is -1.77. The summed E-state index contributed by atoms with van der Waals surface area (Å²) in [6.07, 6.45) is 9.02. The maximum Gasteiger partial charge on any atom is 0.104 e. The summed E-state index contributed by atoms with van der Waals surface area (Å²) in [7, 11) is 0. The molecule has 3 heteroatoms. The molecule has 0 radical (unpaired) electrons. The summed E-state index contributed by atoms with van der Waals surface area (Å²) in [5.74, 6) is 0. The molecule has 0 aliphatic heterocycles. The summed E-state index contributed by atoms with van der Waals surface area (Å²) in [5, 5.41) is 8.45. The van der Waals surface area contributed by atoms with Gasteiger partial charge >= 0.3 is 0 Å². The molecule has 1 unspecified atom stereocenters. The Labute approximate surface area is 95.6 Å². The van der Waals surface area contributed by atoms with Gasteiger partial charge in [0.1, 0.15) is 5.69 Å². The first-order valence-corrected chi connectivity index (χ1v) is 5.42. The van der Waals surface area contributed by atoms with E-state index in [2.05, 4.69) is 40.4 Å². The largest absolute Gasteiger partial charge is 0.259 e. The summed E-state index contributed by atoms with van der Waals surface area (Å²) in [6, 6.07) is 4.04. The summed E-state index contributed by atoms with van der Waals surface area (Å²) >= 11 is 0. The predicted molar refractivity (Wildman–Crippen MR) is 64.8 cm³/mol. The highest BCUT2D eigenvalue weighted by Gasteiger charge is 2.04. The lowest BCUT2D eigenvalue weighted by Gasteiger charge is -2.08. The Bertz CT molecular complexity index is 441. The number of nitrogens with zero attached hydrogens (tertiary/aromatic N) is 3. The van der Waals surface area contributed by atoms with Gasteiger partial charge in [-0.1, -0.05) is 23.8 Å². The van der Waals surface area contributed by atoms with Crippen molar-refractivity contribution < 1.29 is 0 Å². The molecule has 0 amide bonds. The van der Waals surface area contributed by atoms with Gasteiger partial charge in [-0.2, -0.15) is 10.2 Å². The Morgan fingerprint density at radius 2 is 2.19 bits per heavy atom. The smallest absolute Gasteiger partial charge is 0.104 e.